The third-order valence-electron chi connectivity index (χ3n) is 4.13. The van der Waals surface area contributed by atoms with E-state index in [9.17, 15) is 0 Å². The van der Waals surface area contributed by atoms with Crippen molar-refractivity contribution in [3.8, 4) is 0 Å². The molecule has 21 heavy (non-hydrogen) atoms. The maximum Gasteiger partial charge on any atom is 0.0720 e. The molecular weight excluding hydrogens is 262 g/mol. The lowest BCUT2D eigenvalue weighted by molar-refractivity contribution is -0.0363. The maximum atomic E-state index is 6.04. The highest BCUT2D eigenvalue weighted by molar-refractivity contribution is 5.22. The van der Waals surface area contributed by atoms with E-state index in [0.29, 0.717) is 24.9 Å². The van der Waals surface area contributed by atoms with E-state index in [2.05, 4.69) is 43.4 Å². The fourth-order valence-corrected chi connectivity index (χ4v) is 2.76. The monoisotopic (exact) mass is 291 g/mol. The lowest BCUT2D eigenvalue weighted by Crippen LogP contribution is -2.27. The van der Waals surface area contributed by atoms with Gasteiger partial charge < -0.3 is 14.8 Å². The standard InChI is InChI=1S/C18H29NO2/c1-14(2)19-12-15-7-9-16(10-8-15)13-21-18-6-4-5-17(11-18)20-3/h7-10,14,17-19H,4-6,11-13H2,1-3H3. The van der Waals surface area contributed by atoms with Crippen LogP contribution in [-0.2, 0) is 22.6 Å². The first-order valence-electron chi connectivity index (χ1n) is 8.13. The van der Waals surface area contributed by atoms with E-state index in [1.54, 1.807) is 7.11 Å². The molecule has 2 unspecified atom stereocenters. The Morgan fingerprint density at radius 2 is 1.76 bits per heavy atom. The van der Waals surface area contributed by atoms with Crippen molar-refractivity contribution in [3.63, 3.8) is 0 Å². The molecule has 1 aliphatic carbocycles. The first-order chi connectivity index (χ1) is 10.2. The summed E-state index contributed by atoms with van der Waals surface area (Å²) >= 11 is 0. The van der Waals surface area contributed by atoms with Gasteiger partial charge in [-0.1, -0.05) is 38.1 Å². The van der Waals surface area contributed by atoms with Crippen LogP contribution in [0.3, 0.4) is 0 Å². The normalized spacial score (nSPS) is 22.7. The van der Waals surface area contributed by atoms with Gasteiger partial charge in [-0.3, -0.25) is 0 Å². The number of benzene rings is 1. The summed E-state index contributed by atoms with van der Waals surface area (Å²) in [4.78, 5) is 0. The van der Waals surface area contributed by atoms with E-state index in [-0.39, 0.29) is 0 Å². The molecule has 0 aromatic heterocycles. The quantitative estimate of drug-likeness (QED) is 0.831. The van der Waals surface area contributed by atoms with Gasteiger partial charge in [0.25, 0.3) is 0 Å². The molecule has 2 rings (SSSR count). The van der Waals surface area contributed by atoms with Crippen LogP contribution in [0.15, 0.2) is 24.3 Å². The van der Waals surface area contributed by atoms with Gasteiger partial charge in [0, 0.05) is 19.7 Å². The molecule has 2 atom stereocenters. The van der Waals surface area contributed by atoms with E-state index in [4.69, 9.17) is 9.47 Å². The molecule has 0 saturated heterocycles. The van der Waals surface area contributed by atoms with Crippen molar-refractivity contribution in [2.45, 2.75) is 70.9 Å². The van der Waals surface area contributed by atoms with Gasteiger partial charge in [0.15, 0.2) is 0 Å². The molecule has 1 saturated carbocycles. The van der Waals surface area contributed by atoms with Gasteiger partial charge in [0.1, 0.15) is 0 Å². The summed E-state index contributed by atoms with van der Waals surface area (Å²) in [6, 6.07) is 9.25. The Balaban J connectivity index is 1.75. The predicted molar refractivity (Wildman–Crippen MR) is 86.3 cm³/mol. The Morgan fingerprint density at radius 1 is 1.10 bits per heavy atom. The molecule has 3 nitrogen and oxygen atoms in total. The van der Waals surface area contributed by atoms with Crippen LogP contribution in [0.2, 0.25) is 0 Å². The molecule has 0 amide bonds. The summed E-state index contributed by atoms with van der Waals surface area (Å²) < 4.78 is 11.5. The second-order valence-corrected chi connectivity index (χ2v) is 6.31. The number of nitrogens with one attached hydrogen (secondary N) is 1. The summed E-state index contributed by atoms with van der Waals surface area (Å²) in [7, 11) is 1.80. The van der Waals surface area contributed by atoms with E-state index in [0.717, 1.165) is 19.4 Å². The van der Waals surface area contributed by atoms with E-state index in [1.807, 2.05) is 0 Å². The van der Waals surface area contributed by atoms with Crippen molar-refractivity contribution in [2.24, 2.45) is 0 Å². The van der Waals surface area contributed by atoms with Crippen LogP contribution in [0.1, 0.15) is 50.7 Å². The first kappa shape index (κ1) is 16.5. The van der Waals surface area contributed by atoms with Crippen molar-refractivity contribution >= 4 is 0 Å². The van der Waals surface area contributed by atoms with Crippen LogP contribution < -0.4 is 5.32 Å². The molecule has 3 heteroatoms. The van der Waals surface area contributed by atoms with Crippen LogP contribution in [0.25, 0.3) is 0 Å². The minimum atomic E-state index is 0.353. The van der Waals surface area contributed by atoms with Crippen LogP contribution in [0, 0.1) is 0 Å². The Morgan fingerprint density at radius 3 is 2.43 bits per heavy atom. The molecule has 0 bridgehead atoms. The van der Waals surface area contributed by atoms with Crippen LogP contribution >= 0.6 is 0 Å². The number of hydrogen-bond acceptors (Lipinski definition) is 3. The molecule has 1 aromatic rings. The van der Waals surface area contributed by atoms with Gasteiger partial charge in [0.2, 0.25) is 0 Å². The summed E-state index contributed by atoms with van der Waals surface area (Å²) in [5.41, 5.74) is 2.58. The topological polar surface area (TPSA) is 30.5 Å². The smallest absolute Gasteiger partial charge is 0.0720 e. The molecule has 0 spiro atoms. The fourth-order valence-electron chi connectivity index (χ4n) is 2.76. The zero-order chi connectivity index (χ0) is 15.1. The van der Waals surface area contributed by atoms with Gasteiger partial charge in [-0.15, -0.1) is 0 Å². The molecule has 1 aromatic carbocycles. The first-order valence-corrected chi connectivity index (χ1v) is 8.13. The molecular formula is C18H29NO2. The van der Waals surface area contributed by atoms with Gasteiger partial charge >= 0.3 is 0 Å². The highest BCUT2D eigenvalue weighted by Crippen LogP contribution is 2.24. The van der Waals surface area contributed by atoms with Crippen molar-refractivity contribution in [3.05, 3.63) is 35.4 Å². The molecule has 1 fully saturated rings. The zero-order valence-electron chi connectivity index (χ0n) is 13.6. The SMILES string of the molecule is COC1CCCC(OCc2ccc(CNC(C)C)cc2)C1. The van der Waals surface area contributed by atoms with Crippen LogP contribution in [0.4, 0.5) is 0 Å². The van der Waals surface area contributed by atoms with E-state index >= 15 is 0 Å². The van der Waals surface area contributed by atoms with Crippen LogP contribution in [-0.4, -0.2) is 25.4 Å². The fraction of sp³-hybridized carbons (Fsp3) is 0.667. The number of methoxy groups -OCH3 is 1. The second kappa shape index (κ2) is 8.52. The summed E-state index contributed by atoms with van der Waals surface area (Å²) in [6.07, 6.45) is 5.32. The highest BCUT2D eigenvalue weighted by Gasteiger charge is 2.22. The van der Waals surface area contributed by atoms with Gasteiger partial charge in [0.05, 0.1) is 18.8 Å². The minimum absolute atomic E-state index is 0.353. The van der Waals surface area contributed by atoms with Crippen LogP contribution in [0.5, 0.6) is 0 Å². The van der Waals surface area contributed by atoms with E-state index in [1.165, 1.54) is 24.0 Å². The van der Waals surface area contributed by atoms with Crippen molar-refractivity contribution in [1.82, 2.24) is 5.32 Å². The second-order valence-electron chi connectivity index (χ2n) is 6.31. The average Bonchev–Trinajstić information content (AvgIpc) is 2.52. The van der Waals surface area contributed by atoms with Crippen molar-refractivity contribution in [2.75, 3.05) is 7.11 Å². The Hall–Kier alpha value is -0.900. The third-order valence-corrected chi connectivity index (χ3v) is 4.13. The molecule has 0 aliphatic heterocycles. The van der Waals surface area contributed by atoms with Crippen molar-refractivity contribution < 1.29 is 9.47 Å². The molecule has 1 aliphatic rings. The summed E-state index contributed by atoms with van der Waals surface area (Å²) in [5, 5.41) is 3.43. The van der Waals surface area contributed by atoms with Crippen molar-refractivity contribution in [1.29, 1.82) is 0 Å². The lowest BCUT2D eigenvalue weighted by Gasteiger charge is -2.28. The third kappa shape index (κ3) is 5.77. The lowest BCUT2D eigenvalue weighted by atomic mass is 9.95. The highest BCUT2D eigenvalue weighted by atomic mass is 16.5. The van der Waals surface area contributed by atoms with E-state index < -0.39 is 0 Å². The van der Waals surface area contributed by atoms with Gasteiger partial charge in [-0.25, -0.2) is 0 Å². The maximum absolute atomic E-state index is 6.04. The molecule has 1 N–H and O–H groups in total. The zero-order valence-corrected chi connectivity index (χ0v) is 13.6. The summed E-state index contributed by atoms with van der Waals surface area (Å²) in [5.74, 6) is 0. The summed E-state index contributed by atoms with van der Waals surface area (Å²) in [6.45, 7) is 5.97. The largest absolute Gasteiger partial charge is 0.381 e. The van der Waals surface area contributed by atoms with Gasteiger partial charge in [-0.05, 0) is 36.8 Å². The molecule has 118 valence electrons. The Labute approximate surface area is 129 Å². The predicted octanol–water partition coefficient (Wildman–Crippen LogP) is 3.66. The minimum Gasteiger partial charge on any atom is -0.381 e. The number of rotatable bonds is 7. The molecule has 0 heterocycles. The number of hydrogen-bond donors (Lipinski definition) is 1. The Bertz CT molecular complexity index is 402. The average molecular weight is 291 g/mol. The molecule has 0 radical (unpaired) electrons. The Kier molecular flexibility index (Phi) is 6.68. The number of ether oxygens (including phenoxy) is 2. The van der Waals surface area contributed by atoms with Gasteiger partial charge in [-0.2, -0.15) is 0 Å².